The van der Waals surface area contributed by atoms with Gasteiger partial charge in [0.1, 0.15) is 5.50 Å². The Balaban J connectivity index is 1.86. The van der Waals surface area contributed by atoms with Crippen LogP contribution in [0, 0.1) is 0 Å². The molecule has 0 radical (unpaired) electrons. The van der Waals surface area contributed by atoms with Crippen molar-refractivity contribution in [2.75, 3.05) is 43.0 Å². The Morgan fingerprint density at radius 1 is 1.35 bits per heavy atom. The Kier molecular flexibility index (Phi) is 2.90. The molecule has 2 aliphatic rings. The Morgan fingerprint density at radius 3 is 2.88 bits per heavy atom. The van der Waals surface area contributed by atoms with Crippen LogP contribution in [-0.4, -0.2) is 38.7 Å². The first-order chi connectivity index (χ1) is 8.25. The van der Waals surface area contributed by atoms with Gasteiger partial charge in [-0.05, 0) is 18.2 Å². The van der Waals surface area contributed by atoms with Crippen molar-refractivity contribution in [3.8, 4) is 0 Å². The van der Waals surface area contributed by atoms with E-state index in [1.165, 1.54) is 16.3 Å². The molecule has 1 aromatic carbocycles. The number of rotatable bonds is 1. The van der Waals surface area contributed by atoms with Crippen LogP contribution in [0.4, 0.5) is 11.4 Å². The fraction of sp³-hybridized carbons (Fsp3) is 0.500. The third kappa shape index (κ3) is 1.99. The van der Waals surface area contributed by atoms with E-state index in [1.54, 1.807) is 11.8 Å². The van der Waals surface area contributed by atoms with Gasteiger partial charge in [0.25, 0.3) is 0 Å². The largest absolute Gasteiger partial charge is 0.369 e. The van der Waals surface area contributed by atoms with Gasteiger partial charge in [-0.1, -0.05) is 11.8 Å². The quantitative estimate of drug-likeness (QED) is 0.775. The molecule has 0 amide bonds. The number of hydrogen-bond acceptors (Lipinski definition) is 5. The molecule has 3 N–H and O–H groups in total. The SMILES string of the molecule is CN1c2ccc(N3CCNCC3)cc2SC1N. The second-order valence-corrected chi connectivity index (χ2v) is 5.67. The van der Waals surface area contributed by atoms with Crippen molar-refractivity contribution in [3.63, 3.8) is 0 Å². The summed E-state index contributed by atoms with van der Waals surface area (Å²) < 4.78 is 0. The number of nitrogens with zero attached hydrogens (tertiary/aromatic N) is 2. The molecule has 4 nitrogen and oxygen atoms in total. The fourth-order valence-electron chi connectivity index (χ4n) is 2.35. The summed E-state index contributed by atoms with van der Waals surface area (Å²) >= 11 is 1.74. The zero-order valence-corrected chi connectivity index (χ0v) is 10.8. The molecular weight excluding hydrogens is 232 g/mol. The minimum Gasteiger partial charge on any atom is -0.369 e. The van der Waals surface area contributed by atoms with Crippen LogP contribution in [0.5, 0.6) is 0 Å². The Morgan fingerprint density at radius 2 is 2.12 bits per heavy atom. The lowest BCUT2D eigenvalue weighted by Crippen LogP contribution is -2.43. The molecular formula is C12H18N4S. The molecule has 0 aromatic heterocycles. The average Bonchev–Trinajstić information content (AvgIpc) is 2.66. The highest BCUT2D eigenvalue weighted by Crippen LogP contribution is 2.42. The molecule has 1 saturated heterocycles. The topological polar surface area (TPSA) is 44.5 Å². The molecule has 0 saturated carbocycles. The third-order valence-electron chi connectivity index (χ3n) is 3.43. The molecule has 2 heterocycles. The first-order valence-electron chi connectivity index (χ1n) is 6.00. The maximum Gasteiger partial charge on any atom is 0.130 e. The number of hydrogen-bond donors (Lipinski definition) is 2. The summed E-state index contributed by atoms with van der Waals surface area (Å²) in [5.41, 5.74) is 8.65. The summed E-state index contributed by atoms with van der Waals surface area (Å²) in [6, 6.07) is 6.67. The van der Waals surface area contributed by atoms with Crippen LogP contribution in [0.15, 0.2) is 23.1 Å². The molecule has 2 aliphatic heterocycles. The lowest BCUT2D eigenvalue weighted by molar-refractivity contribution is 0.589. The van der Waals surface area contributed by atoms with Crippen molar-refractivity contribution >= 4 is 23.1 Å². The zero-order valence-electron chi connectivity index (χ0n) is 10.0. The normalized spacial score (nSPS) is 24.0. The zero-order chi connectivity index (χ0) is 11.8. The minimum absolute atomic E-state index is 0.0586. The van der Waals surface area contributed by atoms with E-state index in [1.807, 2.05) is 7.05 Å². The number of fused-ring (bicyclic) bond motifs is 1. The van der Waals surface area contributed by atoms with Crippen molar-refractivity contribution < 1.29 is 0 Å². The molecule has 1 unspecified atom stereocenters. The van der Waals surface area contributed by atoms with Crippen LogP contribution in [0.3, 0.4) is 0 Å². The van der Waals surface area contributed by atoms with Crippen LogP contribution in [0.1, 0.15) is 0 Å². The van der Waals surface area contributed by atoms with Crippen molar-refractivity contribution in [1.82, 2.24) is 5.32 Å². The number of benzene rings is 1. The van der Waals surface area contributed by atoms with Gasteiger partial charge in [0.2, 0.25) is 0 Å². The summed E-state index contributed by atoms with van der Waals surface area (Å²) in [5.74, 6) is 0. The average molecular weight is 250 g/mol. The van der Waals surface area contributed by atoms with Gasteiger partial charge in [-0.3, -0.25) is 0 Å². The fourth-order valence-corrected chi connectivity index (χ4v) is 3.41. The number of piperazine rings is 1. The van der Waals surface area contributed by atoms with Crippen LogP contribution in [0.2, 0.25) is 0 Å². The highest BCUT2D eigenvalue weighted by Gasteiger charge is 2.25. The predicted molar refractivity (Wildman–Crippen MR) is 73.8 cm³/mol. The van der Waals surface area contributed by atoms with Crippen molar-refractivity contribution in [2.45, 2.75) is 10.4 Å². The second kappa shape index (κ2) is 4.40. The van der Waals surface area contributed by atoms with Crippen molar-refractivity contribution in [3.05, 3.63) is 18.2 Å². The van der Waals surface area contributed by atoms with Gasteiger partial charge in [-0.2, -0.15) is 0 Å². The highest BCUT2D eigenvalue weighted by atomic mass is 32.2. The number of anilines is 2. The van der Waals surface area contributed by atoms with Gasteiger partial charge in [0, 0.05) is 43.8 Å². The molecule has 0 aliphatic carbocycles. The molecule has 0 bridgehead atoms. The summed E-state index contributed by atoms with van der Waals surface area (Å²) in [6.45, 7) is 4.32. The molecule has 1 atom stereocenters. The first-order valence-corrected chi connectivity index (χ1v) is 6.88. The Bertz CT molecular complexity index is 417. The van der Waals surface area contributed by atoms with Gasteiger partial charge >= 0.3 is 0 Å². The highest BCUT2D eigenvalue weighted by molar-refractivity contribution is 8.00. The maximum atomic E-state index is 6.02. The van der Waals surface area contributed by atoms with Gasteiger partial charge in [0.05, 0.1) is 5.69 Å². The van der Waals surface area contributed by atoms with Crippen molar-refractivity contribution in [1.29, 1.82) is 0 Å². The summed E-state index contributed by atoms with van der Waals surface area (Å²) in [6.07, 6.45) is 0. The van der Waals surface area contributed by atoms with Gasteiger partial charge < -0.3 is 20.9 Å². The smallest absolute Gasteiger partial charge is 0.130 e. The molecule has 1 fully saturated rings. The van der Waals surface area contributed by atoms with Crippen LogP contribution < -0.4 is 20.9 Å². The molecule has 92 valence electrons. The van der Waals surface area contributed by atoms with E-state index in [0.29, 0.717) is 0 Å². The van der Waals surface area contributed by atoms with E-state index in [0.717, 1.165) is 26.2 Å². The minimum atomic E-state index is 0.0586. The summed E-state index contributed by atoms with van der Waals surface area (Å²) in [4.78, 5) is 5.86. The number of nitrogens with two attached hydrogens (primary N) is 1. The van der Waals surface area contributed by atoms with E-state index in [-0.39, 0.29) is 5.50 Å². The summed E-state index contributed by atoms with van der Waals surface area (Å²) in [5, 5.41) is 3.38. The number of thioether (sulfide) groups is 1. The second-order valence-electron chi connectivity index (χ2n) is 4.51. The van der Waals surface area contributed by atoms with Crippen LogP contribution in [-0.2, 0) is 0 Å². The van der Waals surface area contributed by atoms with Crippen molar-refractivity contribution in [2.24, 2.45) is 5.73 Å². The molecule has 5 heteroatoms. The lowest BCUT2D eigenvalue weighted by atomic mass is 10.2. The Labute approximate surface area is 106 Å². The predicted octanol–water partition coefficient (Wildman–Crippen LogP) is 0.880. The standard InChI is InChI=1S/C12H18N4S/c1-15-10-3-2-9(8-11(10)17-12(15)13)16-6-4-14-5-7-16/h2-3,8,12,14H,4-7,13H2,1H3. The van der Waals surface area contributed by atoms with Gasteiger partial charge in [0.15, 0.2) is 0 Å². The maximum absolute atomic E-state index is 6.02. The Hall–Kier alpha value is -0.910. The third-order valence-corrected chi connectivity index (χ3v) is 4.57. The van der Waals surface area contributed by atoms with Gasteiger partial charge in [-0.15, -0.1) is 0 Å². The molecule has 3 rings (SSSR count). The summed E-state index contributed by atoms with van der Waals surface area (Å²) in [7, 11) is 2.05. The molecule has 1 aromatic rings. The van der Waals surface area contributed by atoms with Gasteiger partial charge in [-0.25, -0.2) is 0 Å². The van der Waals surface area contributed by atoms with Crippen LogP contribution in [0.25, 0.3) is 0 Å². The van der Waals surface area contributed by atoms with E-state index in [4.69, 9.17) is 5.73 Å². The van der Waals surface area contributed by atoms with E-state index < -0.39 is 0 Å². The lowest BCUT2D eigenvalue weighted by Gasteiger charge is -2.29. The van der Waals surface area contributed by atoms with E-state index >= 15 is 0 Å². The van der Waals surface area contributed by atoms with E-state index in [2.05, 4.69) is 33.3 Å². The van der Waals surface area contributed by atoms with E-state index in [9.17, 15) is 0 Å². The van der Waals surface area contributed by atoms with Crippen LogP contribution >= 0.6 is 11.8 Å². The monoisotopic (exact) mass is 250 g/mol. The first kappa shape index (κ1) is 11.2. The molecule has 17 heavy (non-hydrogen) atoms. The molecule has 0 spiro atoms. The number of nitrogens with one attached hydrogen (secondary N) is 1.